The molecule has 0 saturated heterocycles. The summed E-state index contributed by atoms with van der Waals surface area (Å²) in [7, 11) is 0. The predicted octanol–water partition coefficient (Wildman–Crippen LogP) is 37.0. The molecule has 0 aromatic carbocycles. The molecule has 99 heavy (non-hydrogen) atoms. The summed E-state index contributed by atoms with van der Waals surface area (Å²) in [5.41, 5.74) is 3.53. The summed E-state index contributed by atoms with van der Waals surface area (Å²) in [5.74, 6) is 16.6. The molecular weight excluding hydrogens is 1190 g/mol. The molecule has 6 unspecified atom stereocenters. The first kappa shape index (κ1) is 112. The first-order chi connectivity index (χ1) is 45.4. The third-order valence-electron chi connectivity index (χ3n) is 25.4. The molecule has 9 rings (SSSR count). The highest BCUT2D eigenvalue weighted by Crippen LogP contribution is 2.53. The topological polar surface area (TPSA) is 0 Å². The molecular formula is C99H212. The van der Waals surface area contributed by atoms with E-state index in [1.54, 1.807) is 0 Å². The Bertz CT molecular complexity index is 1530. The fourth-order valence-corrected chi connectivity index (χ4v) is 13.9. The molecule has 0 nitrogen and oxygen atoms in total. The lowest BCUT2D eigenvalue weighted by Gasteiger charge is -2.32. The highest BCUT2D eigenvalue weighted by molar-refractivity contribution is 4.93. The lowest BCUT2D eigenvalue weighted by Crippen LogP contribution is -2.24. The monoisotopic (exact) mass is 1400 g/mol. The van der Waals surface area contributed by atoms with Gasteiger partial charge in [-0.25, -0.2) is 0 Å². The molecule has 0 heteroatoms. The minimum absolute atomic E-state index is 0.500. The molecule has 9 aliphatic rings. The van der Waals surface area contributed by atoms with Crippen LogP contribution in [0.1, 0.15) is 510 Å². The van der Waals surface area contributed by atoms with Crippen LogP contribution in [0.5, 0.6) is 0 Å². The summed E-state index contributed by atoms with van der Waals surface area (Å²) < 4.78 is 0. The zero-order chi connectivity index (χ0) is 79.1. The predicted molar refractivity (Wildman–Crippen MR) is 470 cm³/mol. The number of hydrogen-bond donors (Lipinski definition) is 0. The second-order valence-corrected chi connectivity index (χ2v) is 41.9. The van der Waals surface area contributed by atoms with Crippen LogP contribution in [0, 0.1) is 133 Å². The van der Waals surface area contributed by atoms with Crippen molar-refractivity contribution in [3.8, 4) is 0 Å². The summed E-state index contributed by atoms with van der Waals surface area (Å²) in [6.07, 6.45) is 47.8. The highest BCUT2D eigenvalue weighted by atomic mass is 14.5. The van der Waals surface area contributed by atoms with Crippen LogP contribution in [0.25, 0.3) is 0 Å². The van der Waals surface area contributed by atoms with Crippen molar-refractivity contribution in [1.29, 1.82) is 0 Å². The highest BCUT2D eigenvalue weighted by Gasteiger charge is 2.43. The molecule has 608 valence electrons. The maximum absolute atomic E-state index is 2.40. The molecule has 0 radical (unpaired) electrons. The Balaban J connectivity index is -0.000000185. The third-order valence-corrected chi connectivity index (χ3v) is 25.4. The number of rotatable bonds is 1. The zero-order valence-corrected chi connectivity index (χ0v) is 79.1. The maximum Gasteiger partial charge on any atom is -0.0323 e. The van der Waals surface area contributed by atoms with Crippen molar-refractivity contribution >= 4 is 0 Å². The van der Waals surface area contributed by atoms with Crippen molar-refractivity contribution in [2.75, 3.05) is 0 Å². The van der Waals surface area contributed by atoms with Crippen molar-refractivity contribution in [1.82, 2.24) is 0 Å². The minimum atomic E-state index is 0.500. The number of hydrogen-bond acceptors (Lipinski definition) is 0. The van der Waals surface area contributed by atoms with Crippen LogP contribution in [0.2, 0.25) is 0 Å². The first-order valence-electron chi connectivity index (χ1n) is 45.4. The van der Waals surface area contributed by atoms with Gasteiger partial charge in [0.05, 0.1) is 0 Å². The largest absolute Gasteiger partial charge is 0.0683 e. The van der Waals surface area contributed by atoms with Crippen molar-refractivity contribution in [2.45, 2.75) is 510 Å². The Morgan fingerprint density at radius 2 is 0.535 bits per heavy atom. The van der Waals surface area contributed by atoms with Crippen molar-refractivity contribution < 1.29 is 0 Å². The minimum Gasteiger partial charge on any atom is -0.0683 e. The average molecular weight is 1400 g/mol. The van der Waals surface area contributed by atoms with Crippen LogP contribution in [-0.4, -0.2) is 0 Å². The molecule has 0 heterocycles. The molecule has 0 spiro atoms. The van der Waals surface area contributed by atoms with Gasteiger partial charge in [-0.3, -0.25) is 0 Å². The van der Waals surface area contributed by atoms with E-state index in [4.69, 9.17) is 0 Å². The van der Waals surface area contributed by atoms with Gasteiger partial charge in [0.1, 0.15) is 0 Å². The summed E-state index contributed by atoms with van der Waals surface area (Å²) in [6.45, 7) is 97.8. The Labute approximate surface area is 639 Å². The summed E-state index contributed by atoms with van der Waals surface area (Å²) in [5, 5.41) is 0. The Morgan fingerprint density at radius 1 is 0.303 bits per heavy atom. The van der Waals surface area contributed by atoms with Gasteiger partial charge >= 0.3 is 0 Å². The van der Waals surface area contributed by atoms with Gasteiger partial charge in [-0.2, -0.15) is 0 Å². The van der Waals surface area contributed by atoms with Crippen LogP contribution < -0.4 is 0 Å². The van der Waals surface area contributed by atoms with Gasteiger partial charge < -0.3 is 0 Å². The fourth-order valence-electron chi connectivity index (χ4n) is 13.9. The fraction of sp³-hybridized carbons (Fsp3) is 1.00. The van der Waals surface area contributed by atoms with Crippen molar-refractivity contribution in [2.24, 2.45) is 133 Å². The van der Waals surface area contributed by atoms with E-state index in [-0.39, 0.29) is 0 Å². The molecule has 9 atom stereocenters. The van der Waals surface area contributed by atoms with E-state index < -0.39 is 0 Å². The van der Waals surface area contributed by atoms with Crippen LogP contribution in [0.3, 0.4) is 0 Å². The summed E-state index contributed by atoms with van der Waals surface area (Å²) in [4.78, 5) is 0. The quantitative estimate of drug-likeness (QED) is 0.245. The van der Waals surface area contributed by atoms with Crippen LogP contribution >= 0.6 is 0 Å². The van der Waals surface area contributed by atoms with Gasteiger partial charge in [-0.05, 0) is 165 Å². The lowest BCUT2D eigenvalue weighted by molar-refractivity contribution is 0.179. The normalized spacial score (nSPS) is 28.5. The first-order valence-corrected chi connectivity index (χ1v) is 45.4. The molecule has 0 amide bonds. The van der Waals surface area contributed by atoms with E-state index in [0.717, 1.165) is 101 Å². The van der Waals surface area contributed by atoms with E-state index in [0.29, 0.717) is 32.5 Å². The van der Waals surface area contributed by atoms with Crippen molar-refractivity contribution in [3.63, 3.8) is 0 Å². The van der Waals surface area contributed by atoms with E-state index in [9.17, 15) is 0 Å². The van der Waals surface area contributed by atoms with E-state index in [1.807, 2.05) is 27.7 Å². The lowest BCUT2D eigenvalue weighted by atomic mass is 9.74. The molecule has 0 aliphatic heterocycles. The molecule has 0 bridgehead atoms. The molecule has 9 aliphatic carbocycles. The Kier molecular flexibility index (Phi) is 72.7. The van der Waals surface area contributed by atoms with E-state index in [1.165, 1.54) is 212 Å². The van der Waals surface area contributed by atoms with Crippen molar-refractivity contribution in [3.05, 3.63) is 0 Å². The summed E-state index contributed by atoms with van der Waals surface area (Å²) >= 11 is 0. The van der Waals surface area contributed by atoms with Gasteiger partial charge in [0, 0.05) is 0 Å². The molecule has 0 aromatic rings. The zero-order valence-electron chi connectivity index (χ0n) is 79.1. The molecule has 9 fully saturated rings. The third kappa shape index (κ3) is 72.0. The Hall–Kier alpha value is 0. The molecule has 0 aromatic heterocycles. The maximum atomic E-state index is 2.40. The second-order valence-electron chi connectivity index (χ2n) is 41.9. The molecule has 0 N–H and O–H groups in total. The van der Waals surface area contributed by atoms with Gasteiger partial charge in [-0.1, -0.05) is 478 Å². The molecule has 9 saturated carbocycles. The van der Waals surface area contributed by atoms with Crippen LogP contribution in [0.15, 0.2) is 0 Å². The SMILES string of the molecule is CC.CC.CC(C)(C)C.CC(C)C.CC1C(C)(C)CCC1(C)C.CC1CCC(C)(C)CC1.CC1CCC(C)C1C.CC1CCCC(C)C1C.CC1CCCC1.CC1CCCCC1.CC1CCCC[C@H]1C.CC1CCC[C@H]1C.CCC.CCC(C)(C)C.CCC(C)C.C[C@@H]1CCCC1(C)C. The smallest absolute Gasteiger partial charge is 0.0323 e. The summed E-state index contributed by atoms with van der Waals surface area (Å²) in [6, 6.07) is 0. The van der Waals surface area contributed by atoms with Gasteiger partial charge in [0.15, 0.2) is 0 Å². The van der Waals surface area contributed by atoms with Gasteiger partial charge in [-0.15, -0.1) is 0 Å². The Morgan fingerprint density at radius 3 is 0.667 bits per heavy atom. The standard InChI is InChI=1S/C10H20.2C9H18.3C8H16.2C7H14.C6H12.C6H14.2C5H12.C4H10.C3H8.2C2H6/c1-8-9(2,3)6-7-10(8,4)5;1-8-4-6-9(2,3)7-5-8;1-7-5-4-6-8(2)9(7)3;1-7-5-4-6-8(7,2)3;1-6-4-5-7(2)8(6)3;1-7-5-3-4-6-8(7)2;1-6-4-3-5-7(6)2;1-7-5-3-2-4-6-7;1-6-4-2-3-5-6;1-5-6(2,3)4;1-5(2,3)4;1-4-5(2)3;1-4(2)3;1-3-2;2*1-2/h8H,6-7H2,1-5H3;8H,4-7H2,1-3H3;7-9H,4-6H2,1-3H3;7H,4-6H2,1-3H3;6-8H,4-5H2,1-3H3;7-8H,3-6H2,1-2H3;6-7H,3-5H2,1-2H3;7H,2-6H2,1H3;6H,2-5H2,1H3;5H2,1-4H3;1-4H3;5H,4H2,1-3H3;4H,1-3H3;3H2,1-2H3;2*1-2H3/t;;;7-;;7-,8?;6-,7?;;;;;;;;;/m...1.11........./s1. The second kappa shape index (κ2) is 64.0. The van der Waals surface area contributed by atoms with Gasteiger partial charge in [0.25, 0.3) is 0 Å². The van der Waals surface area contributed by atoms with Crippen LogP contribution in [0.4, 0.5) is 0 Å². The van der Waals surface area contributed by atoms with Crippen LogP contribution in [-0.2, 0) is 0 Å². The average Bonchev–Trinajstić information content (AvgIpc) is 1.66. The van der Waals surface area contributed by atoms with E-state index in [2.05, 4.69) is 270 Å². The van der Waals surface area contributed by atoms with Gasteiger partial charge in [0.2, 0.25) is 0 Å². The van der Waals surface area contributed by atoms with E-state index >= 15 is 0 Å².